The summed E-state index contributed by atoms with van der Waals surface area (Å²) in [4.78, 5) is 8.53. The van der Waals surface area contributed by atoms with Gasteiger partial charge in [0.25, 0.3) is 0 Å². The number of thiazole rings is 1. The smallest absolute Gasteiger partial charge is 0.0967 e. The lowest BCUT2D eigenvalue weighted by molar-refractivity contribution is 0.178. The normalized spacial score (nSPS) is 12.7. The lowest BCUT2D eigenvalue weighted by atomic mass is 10.1. The Bertz CT molecular complexity index is 618. The maximum Gasteiger partial charge on any atom is 0.0967 e. The van der Waals surface area contributed by atoms with Gasteiger partial charge in [0, 0.05) is 18.8 Å². The standard InChI is InChI=1S/C14H12N2OS/c17-12(10-4-3-7-15-9-10)8-14-16-11-5-1-2-6-13(11)18-14/h1-7,9,12,17H,8H2. The maximum atomic E-state index is 10.1. The number of aromatic nitrogens is 2. The van der Waals surface area contributed by atoms with E-state index >= 15 is 0 Å². The number of aliphatic hydroxyl groups is 1. The zero-order valence-corrected chi connectivity index (χ0v) is 10.5. The zero-order valence-electron chi connectivity index (χ0n) is 9.65. The summed E-state index contributed by atoms with van der Waals surface area (Å²) >= 11 is 1.63. The first kappa shape index (κ1) is 11.3. The monoisotopic (exact) mass is 256 g/mol. The third-order valence-electron chi connectivity index (χ3n) is 2.78. The first-order chi connectivity index (χ1) is 8.83. The molecular weight excluding hydrogens is 244 g/mol. The molecule has 1 atom stereocenters. The number of hydrogen-bond acceptors (Lipinski definition) is 4. The molecule has 3 nitrogen and oxygen atoms in total. The van der Waals surface area contributed by atoms with E-state index in [1.54, 1.807) is 23.7 Å². The second-order valence-corrected chi connectivity index (χ2v) is 5.20. The third kappa shape index (κ3) is 2.25. The van der Waals surface area contributed by atoms with Gasteiger partial charge in [-0.15, -0.1) is 11.3 Å². The summed E-state index contributed by atoms with van der Waals surface area (Å²) in [5, 5.41) is 11.1. The molecule has 4 heteroatoms. The molecule has 0 saturated heterocycles. The Labute approximate surface area is 109 Å². The van der Waals surface area contributed by atoms with Gasteiger partial charge in [-0.1, -0.05) is 18.2 Å². The van der Waals surface area contributed by atoms with Gasteiger partial charge in [-0.2, -0.15) is 0 Å². The minimum absolute atomic E-state index is 0.533. The molecule has 3 aromatic rings. The third-order valence-corrected chi connectivity index (χ3v) is 3.83. The quantitative estimate of drug-likeness (QED) is 0.783. The van der Waals surface area contributed by atoms with E-state index in [2.05, 4.69) is 9.97 Å². The Balaban J connectivity index is 1.84. The molecule has 0 aliphatic carbocycles. The van der Waals surface area contributed by atoms with Crippen LogP contribution < -0.4 is 0 Å². The molecule has 0 amide bonds. The first-order valence-electron chi connectivity index (χ1n) is 5.75. The van der Waals surface area contributed by atoms with Crippen molar-refractivity contribution in [1.82, 2.24) is 9.97 Å². The molecule has 1 N–H and O–H groups in total. The highest BCUT2D eigenvalue weighted by molar-refractivity contribution is 7.18. The second-order valence-electron chi connectivity index (χ2n) is 4.08. The SMILES string of the molecule is OC(Cc1nc2ccccc2s1)c1cccnc1. The summed E-state index contributed by atoms with van der Waals surface area (Å²) in [6, 6.07) is 11.7. The molecule has 0 fully saturated rings. The Morgan fingerprint density at radius 1 is 1.17 bits per heavy atom. The molecule has 0 aliphatic rings. The van der Waals surface area contributed by atoms with Gasteiger partial charge in [0.2, 0.25) is 0 Å². The molecule has 3 rings (SSSR count). The number of para-hydroxylation sites is 1. The van der Waals surface area contributed by atoms with E-state index in [0.717, 1.165) is 20.8 Å². The van der Waals surface area contributed by atoms with Crippen LogP contribution in [0.2, 0.25) is 0 Å². The Hall–Kier alpha value is -1.78. The molecule has 0 radical (unpaired) electrons. The fourth-order valence-electron chi connectivity index (χ4n) is 1.86. The predicted octanol–water partition coefficient (Wildman–Crippen LogP) is 2.97. The van der Waals surface area contributed by atoms with Crippen molar-refractivity contribution in [2.24, 2.45) is 0 Å². The topological polar surface area (TPSA) is 46.0 Å². The molecule has 0 saturated carbocycles. The van der Waals surface area contributed by atoms with Crippen LogP contribution in [0, 0.1) is 0 Å². The Morgan fingerprint density at radius 2 is 2.06 bits per heavy atom. The van der Waals surface area contributed by atoms with Crippen molar-refractivity contribution in [3.63, 3.8) is 0 Å². The molecule has 18 heavy (non-hydrogen) atoms. The maximum absolute atomic E-state index is 10.1. The van der Waals surface area contributed by atoms with E-state index in [4.69, 9.17) is 0 Å². The van der Waals surface area contributed by atoms with Gasteiger partial charge >= 0.3 is 0 Å². The number of benzene rings is 1. The van der Waals surface area contributed by atoms with Crippen LogP contribution in [-0.4, -0.2) is 15.1 Å². The minimum atomic E-state index is -0.542. The molecule has 90 valence electrons. The van der Waals surface area contributed by atoms with E-state index in [1.165, 1.54) is 0 Å². The Morgan fingerprint density at radius 3 is 2.83 bits per heavy atom. The summed E-state index contributed by atoms with van der Waals surface area (Å²) in [6.45, 7) is 0. The lowest BCUT2D eigenvalue weighted by Gasteiger charge is -2.07. The minimum Gasteiger partial charge on any atom is -0.388 e. The van der Waals surface area contributed by atoms with E-state index in [9.17, 15) is 5.11 Å². The van der Waals surface area contributed by atoms with Crippen molar-refractivity contribution in [2.45, 2.75) is 12.5 Å². The highest BCUT2D eigenvalue weighted by atomic mass is 32.1. The van der Waals surface area contributed by atoms with E-state index < -0.39 is 6.10 Å². The van der Waals surface area contributed by atoms with Crippen molar-refractivity contribution in [3.8, 4) is 0 Å². The average molecular weight is 256 g/mol. The summed E-state index contributed by atoms with van der Waals surface area (Å²) in [6.07, 6.45) is 3.39. The largest absolute Gasteiger partial charge is 0.388 e. The van der Waals surface area contributed by atoms with Crippen molar-refractivity contribution in [2.75, 3.05) is 0 Å². The fourth-order valence-corrected chi connectivity index (χ4v) is 2.87. The van der Waals surface area contributed by atoms with Gasteiger partial charge < -0.3 is 5.11 Å². The number of hydrogen-bond donors (Lipinski definition) is 1. The molecular formula is C14H12N2OS. The van der Waals surface area contributed by atoms with Crippen molar-refractivity contribution in [1.29, 1.82) is 0 Å². The van der Waals surface area contributed by atoms with Crippen LogP contribution in [0.15, 0.2) is 48.8 Å². The molecule has 2 heterocycles. The summed E-state index contributed by atoms with van der Waals surface area (Å²) in [7, 11) is 0. The van der Waals surface area contributed by atoms with Crippen LogP contribution in [0.5, 0.6) is 0 Å². The number of pyridine rings is 1. The molecule has 1 aromatic carbocycles. The summed E-state index contributed by atoms with van der Waals surface area (Å²) in [5.74, 6) is 0. The number of nitrogens with zero attached hydrogens (tertiary/aromatic N) is 2. The summed E-state index contributed by atoms with van der Waals surface area (Å²) < 4.78 is 1.16. The molecule has 2 aromatic heterocycles. The second kappa shape index (κ2) is 4.84. The highest BCUT2D eigenvalue weighted by Crippen LogP contribution is 2.25. The van der Waals surface area contributed by atoms with Crippen LogP contribution in [0.25, 0.3) is 10.2 Å². The van der Waals surface area contributed by atoms with Crippen molar-refractivity contribution < 1.29 is 5.11 Å². The van der Waals surface area contributed by atoms with Crippen LogP contribution in [0.3, 0.4) is 0 Å². The predicted molar refractivity (Wildman–Crippen MR) is 72.5 cm³/mol. The zero-order chi connectivity index (χ0) is 12.4. The molecule has 0 spiro atoms. The number of fused-ring (bicyclic) bond motifs is 1. The highest BCUT2D eigenvalue weighted by Gasteiger charge is 2.11. The molecule has 0 aliphatic heterocycles. The van der Waals surface area contributed by atoms with E-state index in [-0.39, 0.29) is 0 Å². The van der Waals surface area contributed by atoms with E-state index in [1.807, 2.05) is 36.4 Å². The fraction of sp³-hybridized carbons (Fsp3) is 0.143. The lowest BCUT2D eigenvalue weighted by Crippen LogP contribution is -2.01. The van der Waals surface area contributed by atoms with Crippen LogP contribution >= 0.6 is 11.3 Å². The van der Waals surface area contributed by atoms with Gasteiger partial charge in [-0.3, -0.25) is 4.98 Å². The number of rotatable bonds is 3. The van der Waals surface area contributed by atoms with Gasteiger partial charge in [0.05, 0.1) is 21.3 Å². The van der Waals surface area contributed by atoms with Gasteiger partial charge in [-0.05, 0) is 23.8 Å². The van der Waals surface area contributed by atoms with Crippen LogP contribution in [0.4, 0.5) is 0 Å². The average Bonchev–Trinajstić information content (AvgIpc) is 2.82. The van der Waals surface area contributed by atoms with Gasteiger partial charge in [0.15, 0.2) is 0 Å². The Kier molecular flexibility index (Phi) is 3.04. The van der Waals surface area contributed by atoms with Crippen molar-refractivity contribution in [3.05, 3.63) is 59.4 Å². The van der Waals surface area contributed by atoms with E-state index in [0.29, 0.717) is 6.42 Å². The van der Waals surface area contributed by atoms with Crippen LogP contribution in [0.1, 0.15) is 16.7 Å². The first-order valence-corrected chi connectivity index (χ1v) is 6.57. The number of aliphatic hydroxyl groups excluding tert-OH is 1. The molecule has 0 bridgehead atoms. The van der Waals surface area contributed by atoms with Gasteiger partial charge in [-0.25, -0.2) is 4.98 Å². The van der Waals surface area contributed by atoms with Crippen molar-refractivity contribution >= 4 is 21.6 Å². The molecule has 1 unspecified atom stereocenters. The van der Waals surface area contributed by atoms with Crippen LogP contribution in [-0.2, 0) is 6.42 Å². The van der Waals surface area contributed by atoms with Gasteiger partial charge in [0.1, 0.15) is 0 Å². The summed E-state index contributed by atoms with van der Waals surface area (Å²) in [5.41, 5.74) is 1.83.